The van der Waals surface area contributed by atoms with Crippen molar-refractivity contribution in [3.8, 4) is 0 Å². The predicted molar refractivity (Wildman–Crippen MR) is 59.5 cm³/mol. The topological polar surface area (TPSA) is 37.8 Å². The lowest BCUT2D eigenvalue weighted by atomic mass is 10.1. The Labute approximate surface area is 86.0 Å². The van der Waals surface area contributed by atoms with E-state index < -0.39 is 0 Å². The summed E-state index contributed by atoms with van der Waals surface area (Å²) in [6.45, 7) is 7.47. The minimum Gasteiger partial charge on any atom is -0.370 e. The molecule has 0 spiro atoms. The van der Waals surface area contributed by atoms with E-state index in [2.05, 4.69) is 36.1 Å². The van der Waals surface area contributed by atoms with Crippen LogP contribution in [0.5, 0.6) is 0 Å². The first-order valence-electron chi connectivity index (χ1n) is 5.33. The summed E-state index contributed by atoms with van der Waals surface area (Å²) in [5.74, 6) is 1.46. The Bertz CT molecular complexity index is 273. The largest absolute Gasteiger partial charge is 0.370 e. The van der Waals surface area contributed by atoms with Crippen molar-refractivity contribution < 1.29 is 0 Å². The Morgan fingerprint density at radius 3 is 2.79 bits per heavy atom. The third kappa shape index (κ3) is 2.98. The summed E-state index contributed by atoms with van der Waals surface area (Å²) in [6.07, 6.45) is 3.87. The van der Waals surface area contributed by atoms with Crippen molar-refractivity contribution in [2.24, 2.45) is 0 Å². The second-order valence-corrected chi connectivity index (χ2v) is 3.56. The summed E-state index contributed by atoms with van der Waals surface area (Å²) in [7, 11) is 0. The number of rotatable bonds is 5. The Kier molecular flexibility index (Phi) is 4.36. The normalized spacial score (nSPS) is 12.5. The first-order valence-corrected chi connectivity index (χ1v) is 5.33. The van der Waals surface area contributed by atoms with Gasteiger partial charge in [-0.3, -0.25) is 0 Å². The Morgan fingerprint density at radius 2 is 2.14 bits per heavy atom. The zero-order valence-electron chi connectivity index (χ0n) is 9.25. The monoisotopic (exact) mass is 193 g/mol. The fourth-order valence-electron chi connectivity index (χ4n) is 1.20. The maximum absolute atomic E-state index is 4.27. The van der Waals surface area contributed by atoms with Crippen LogP contribution in [0.1, 0.15) is 45.2 Å². The van der Waals surface area contributed by atoms with Gasteiger partial charge in [0, 0.05) is 18.3 Å². The molecule has 1 rings (SSSR count). The van der Waals surface area contributed by atoms with Crippen molar-refractivity contribution in [1.29, 1.82) is 0 Å². The van der Waals surface area contributed by atoms with E-state index in [4.69, 9.17) is 0 Å². The molecule has 0 aromatic carbocycles. The Morgan fingerprint density at radius 1 is 1.36 bits per heavy atom. The van der Waals surface area contributed by atoms with Crippen molar-refractivity contribution in [3.05, 3.63) is 18.1 Å². The average Bonchev–Trinajstić information content (AvgIpc) is 2.25. The SMILES string of the molecule is CCCNc1cc(C(C)CC)ncn1. The highest BCUT2D eigenvalue weighted by atomic mass is 15.0. The zero-order valence-corrected chi connectivity index (χ0v) is 9.25. The van der Waals surface area contributed by atoms with Crippen LogP contribution in [-0.2, 0) is 0 Å². The van der Waals surface area contributed by atoms with Gasteiger partial charge in [0.2, 0.25) is 0 Å². The maximum Gasteiger partial charge on any atom is 0.129 e. The van der Waals surface area contributed by atoms with Gasteiger partial charge in [-0.25, -0.2) is 9.97 Å². The molecule has 0 saturated carbocycles. The molecule has 0 aliphatic rings. The second kappa shape index (κ2) is 5.58. The fraction of sp³-hybridized carbons (Fsp3) is 0.636. The number of nitrogens with one attached hydrogen (secondary N) is 1. The van der Waals surface area contributed by atoms with Gasteiger partial charge >= 0.3 is 0 Å². The first kappa shape index (κ1) is 11.0. The van der Waals surface area contributed by atoms with E-state index in [1.165, 1.54) is 0 Å². The van der Waals surface area contributed by atoms with Gasteiger partial charge < -0.3 is 5.32 Å². The second-order valence-electron chi connectivity index (χ2n) is 3.56. The molecule has 14 heavy (non-hydrogen) atoms. The Balaban J connectivity index is 2.68. The molecule has 0 radical (unpaired) electrons. The molecule has 0 amide bonds. The highest BCUT2D eigenvalue weighted by Crippen LogP contribution is 2.17. The molecule has 1 atom stereocenters. The van der Waals surface area contributed by atoms with Crippen LogP contribution in [0, 0.1) is 0 Å². The zero-order chi connectivity index (χ0) is 10.4. The lowest BCUT2D eigenvalue weighted by molar-refractivity contribution is 0.704. The van der Waals surface area contributed by atoms with Crippen LogP contribution < -0.4 is 5.32 Å². The van der Waals surface area contributed by atoms with Gasteiger partial charge in [-0.2, -0.15) is 0 Å². The van der Waals surface area contributed by atoms with Crippen LogP contribution in [0.2, 0.25) is 0 Å². The number of hydrogen-bond donors (Lipinski definition) is 1. The van der Waals surface area contributed by atoms with Crippen molar-refractivity contribution >= 4 is 5.82 Å². The van der Waals surface area contributed by atoms with Crippen molar-refractivity contribution in [2.75, 3.05) is 11.9 Å². The minimum absolute atomic E-state index is 0.514. The number of aromatic nitrogens is 2. The smallest absolute Gasteiger partial charge is 0.129 e. The molecule has 1 unspecified atom stereocenters. The summed E-state index contributed by atoms with van der Waals surface area (Å²) in [6, 6.07) is 2.05. The Hall–Kier alpha value is -1.12. The van der Waals surface area contributed by atoms with E-state index >= 15 is 0 Å². The molecule has 78 valence electrons. The predicted octanol–water partition coefficient (Wildman–Crippen LogP) is 2.81. The number of hydrogen-bond acceptors (Lipinski definition) is 3. The fourth-order valence-corrected chi connectivity index (χ4v) is 1.20. The molecule has 1 heterocycles. The van der Waals surface area contributed by atoms with E-state index in [0.29, 0.717) is 5.92 Å². The van der Waals surface area contributed by atoms with Gasteiger partial charge in [0.15, 0.2) is 0 Å². The van der Waals surface area contributed by atoms with Gasteiger partial charge in [0.05, 0.1) is 0 Å². The molecule has 1 aromatic rings. The molecule has 1 aromatic heterocycles. The summed E-state index contributed by atoms with van der Waals surface area (Å²) in [4.78, 5) is 8.44. The van der Waals surface area contributed by atoms with E-state index in [9.17, 15) is 0 Å². The van der Waals surface area contributed by atoms with Gasteiger partial charge in [-0.15, -0.1) is 0 Å². The van der Waals surface area contributed by atoms with Gasteiger partial charge in [0.25, 0.3) is 0 Å². The highest BCUT2D eigenvalue weighted by molar-refractivity contribution is 5.35. The van der Waals surface area contributed by atoms with Gasteiger partial charge in [0.1, 0.15) is 12.1 Å². The van der Waals surface area contributed by atoms with Crippen LogP contribution in [0.3, 0.4) is 0 Å². The van der Waals surface area contributed by atoms with Crippen LogP contribution in [0.4, 0.5) is 5.82 Å². The van der Waals surface area contributed by atoms with Crippen LogP contribution in [0.15, 0.2) is 12.4 Å². The van der Waals surface area contributed by atoms with Crippen molar-refractivity contribution in [3.63, 3.8) is 0 Å². The average molecular weight is 193 g/mol. The van der Waals surface area contributed by atoms with Gasteiger partial charge in [-0.05, 0) is 18.8 Å². The van der Waals surface area contributed by atoms with Crippen molar-refractivity contribution in [1.82, 2.24) is 9.97 Å². The molecule has 3 heteroatoms. The molecule has 0 aliphatic carbocycles. The summed E-state index contributed by atoms with van der Waals surface area (Å²) < 4.78 is 0. The van der Waals surface area contributed by atoms with E-state index in [1.54, 1.807) is 6.33 Å². The summed E-state index contributed by atoms with van der Waals surface area (Å²) in [5.41, 5.74) is 1.13. The quantitative estimate of drug-likeness (QED) is 0.781. The minimum atomic E-state index is 0.514. The summed E-state index contributed by atoms with van der Waals surface area (Å²) >= 11 is 0. The van der Waals surface area contributed by atoms with E-state index in [1.807, 2.05) is 6.07 Å². The maximum atomic E-state index is 4.27. The molecular weight excluding hydrogens is 174 g/mol. The highest BCUT2D eigenvalue weighted by Gasteiger charge is 2.05. The molecule has 1 N–H and O–H groups in total. The van der Waals surface area contributed by atoms with Crippen LogP contribution in [-0.4, -0.2) is 16.5 Å². The molecule has 3 nitrogen and oxygen atoms in total. The lowest BCUT2D eigenvalue weighted by Crippen LogP contribution is -2.04. The molecule has 0 fully saturated rings. The van der Waals surface area contributed by atoms with Crippen LogP contribution >= 0.6 is 0 Å². The van der Waals surface area contributed by atoms with Crippen LogP contribution in [0.25, 0.3) is 0 Å². The molecule has 0 saturated heterocycles. The van der Waals surface area contributed by atoms with Gasteiger partial charge in [-0.1, -0.05) is 20.8 Å². The molecular formula is C11H19N3. The van der Waals surface area contributed by atoms with E-state index in [0.717, 1.165) is 30.9 Å². The molecule has 0 bridgehead atoms. The third-order valence-corrected chi connectivity index (χ3v) is 2.36. The molecule has 0 aliphatic heterocycles. The number of anilines is 1. The third-order valence-electron chi connectivity index (χ3n) is 2.36. The van der Waals surface area contributed by atoms with Crippen molar-refractivity contribution in [2.45, 2.75) is 39.5 Å². The summed E-state index contributed by atoms with van der Waals surface area (Å²) in [5, 5.41) is 3.26. The first-order chi connectivity index (χ1) is 6.77. The van der Waals surface area contributed by atoms with E-state index in [-0.39, 0.29) is 0 Å². The lowest BCUT2D eigenvalue weighted by Gasteiger charge is -2.09. The number of nitrogens with zero attached hydrogens (tertiary/aromatic N) is 2. The standard InChI is InChI=1S/C11H19N3/c1-4-6-12-11-7-10(9(3)5-2)13-8-14-11/h7-9H,4-6H2,1-3H3,(H,12,13,14).